The first-order chi connectivity index (χ1) is 24.4. The first-order valence-corrected chi connectivity index (χ1v) is 22.4. The molecule has 2 heterocycles. The number of rotatable bonds is 11. The maximum atomic E-state index is 14.7. The van der Waals surface area contributed by atoms with E-state index in [0.717, 1.165) is 70.6 Å². The molecule has 4 rings (SSSR count). The SMILES string of the molecule is CCCNC(=O)C(=O)[C@@H]1CCCCCCCCCC[C@H](CC(=O)CC2(C(C)(C)S(=O)(=O)C(C)C)CCCCC2)C(=O)N2C[C@H]3[C@@H]([C@H]2C(=O)C1)C3(C)C. The summed E-state index contributed by atoms with van der Waals surface area (Å²) in [7, 11) is -3.53. The van der Waals surface area contributed by atoms with Gasteiger partial charge < -0.3 is 10.2 Å². The number of nitrogens with one attached hydrogen (secondary N) is 1. The molecular formula is C42H70N2O7S. The van der Waals surface area contributed by atoms with Crippen molar-refractivity contribution in [3.63, 3.8) is 0 Å². The van der Waals surface area contributed by atoms with Crippen LogP contribution in [-0.4, -0.2) is 71.6 Å². The van der Waals surface area contributed by atoms with Crippen LogP contribution in [-0.2, 0) is 33.8 Å². The molecule has 0 bridgehead atoms. The lowest BCUT2D eigenvalue weighted by Gasteiger charge is -2.49. The first kappa shape index (κ1) is 42.6. The van der Waals surface area contributed by atoms with E-state index >= 15 is 0 Å². The van der Waals surface area contributed by atoms with Crippen LogP contribution in [0.25, 0.3) is 0 Å². The highest BCUT2D eigenvalue weighted by atomic mass is 32.2. The van der Waals surface area contributed by atoms with Crippen molar-refractivity contribution in [3.05, 3.63) is 0 Å². The van der Waals surface area contributed by atoms with E-state index in [1.165, 1.54) is 0 Å². The van der Waals surface area contributed by atoms with E-state index in [2.05, 4.69) is 19.2 Å². The van der Waals surface area contributed by atoms with Crippen LogP contribution in [0, 0.1) is 34.5 Å². The quantitative estimate of drug-likeness (QED) is 0.216. The molecule has 0 aromatic carbocycles. The van der Waals surface area contributed by atoms with Crippen molar-refractivity contribution in [2.24, 2.45) is 34.5 Å². The van der Waals surface area contributed by atoms with Gasteiger partial charge in [0.1, 0.15) is 5.78 Å². The molecule has 4 fully saturated rings. The molecule has 1 N–H and O–H groups in total. The second-order valence-electron chi connectivity index (χ2n) is 18.3. The third-order valence-electron chi connectivity index (χ3n) is 14.0. The van der Waals surface area contributed by atoms with E-state index in [0.29, 0.717) is 45.2 Å². The van der Waals surface area contributed by atoms with E-state index in [1.54, 1.807) is 32.6 Å². The molecule has 0 aromatic heterocycles. The van der Waals surface area contributed by atoms with Gasteiger partial charge >= 0.3 is 0 Å². The van der Waals surface area contributed by atoms with Crippen molar-refractivity contribution >= 4 is 39.0 Å². The number of hydrogen-bond acceptors (Lipinski definition) is 7. The largest absolute Gasteiger partial charge is 0.350 e. The topological polar surface area (TPSA) is 135 Å². The van der Waals surface area contributed by atoms with Gasteiger partial charge in [0.05, 0.1) is 16.0 Å². The van der Waals surface area contributed by atoms with Crippen molar-refractivity contribution < 1.29 is 32.4 Å². The number of amides is 2. The normalized spacial score (nSPS) is 29.2. The number of ketones is 3. The van der Waals surface area contributed by atoms with E-state index in [4.69, 9.17) is 0 Å². The van der Waals surface area contributed by atoms with E-state index < -0.39 is 54.8 Å². The predicted octanol–water partition coefficient (Wildman–Crippen LogP) is 7.57. The molecule has 0 spiro atoms. The number of hydrogen-bond donors (Lipinski definition) is 1. The van der Waals surface area contributed by atoms with Gasteiger partial charge in [-0.2, -0.15) is 0 Å². The Kier molecular flexibility index (Phi) is 14.4. The average molecular weight is 747 g/mol. The number of nitrogens with zero attached hydrogens (tertiary/aromatic N) is 1. The Morgan fingerprint density at radius 3 is 2.02 bits per heavy atom. The van der Waals surface area contributed by atoms with Crippen LogP contribution in [0.1, 0.15) is 170 Å². The molecule has 2 aliphatic heterocycles. The van der Waals surface area contributed by atoms with Crippen LogP contribution in [0.5, 0.6) is 0 Å². The highest BCUT2D eigenvalue weighted by Crippen LogP contribution is 2.65. The lowest BCUT2D eigenvalue weighted by Crippen LogP contribution is -2.54. The summed E-state index contributed by atoms with van der Waals surface area (Å²) in [6.07, 6.45) is 13.7. The van der Waals surface area contributed by atoms with Crippen molar-refractivity contribution in [2.75, 3.05) is 13.1 Å². The maximum absolute atomic E-state index is 14.7. The molecule has 9 nitrogen and oxygen atoms in total. The Morgan fingerprint density at radius 2 is 1.44 bits per heavy atom. The van der Waals surface area contributed by atoms with E-state index in [-0.39, 0.29) is 54.0 Å². The zero-order valence-corrected chi connectivity index (χ0v) is 34.3. The van der Waals surface area contributed by atoms with Gasteiger partial charge in [-0.25, -0.2) is 8.42 Å². The summed E-state index contributed by atoms with van der Waals surface area (Å²) in [6, 6.07) is -0.672. The molecule has 4 aliphatic rings. The second-order valence-corrected chi connectivity index (χ2v) is 21.4. The number of sulfone groups is 1. The van der Waals surface area contributed by atoms with Crippen molar-refractivity contribution in [3.8, 4) is 0 Å². The molecule has 296 valence electrons. The first-order valence-electron chi connectivity index (χ1n) is 20.8. The fraction of sp³-hybridized carbons (Fsp3) is 0.881. The number of fused-ring (bicyclic) bond motifs is 3. The molecule has 2 aliphatic carbocycles. The molecule has 5 atom stereocenters. The summed E-state index contributed by atoms with van der Waals surface area (Å²) in [4.78, 5) is 71.3. The van der Waals surface area contributed by atoms with E-state index in [9.17, 15) is 32.4 Å². The van der Waals surface area contributed by atoms with Crippen molar-refractivity contribution in [1.82, 2.24) is 10.2 Å². The van der Waals surface area contributed by atoms with Crippen molar-refractivity contribution in [1.29, 1.82) is 0 Å². The lowest BCUT2D eigenvalue weighted by atomic mass is 9.63. The molecule has 0 aromatic rings. The summed E-state index contributed by atoms with van der Waals surface area (Å²) < 4.78 is 26.4. The Hall–Kier alpha value is -2.10. The fourth-order valence-electron chi connectivity index (χ4n) is 10.3. The second kappa shape index (κ2) is 17.6. The minimum atomic E-state index is -3.53. The lowest BCUT2D eigenvalue weighted by molar-refractivity contribution is -0.146. The minimum absolute atomic E-state index is 0.0143. The minimum Gasteiger partial charge on any atom is -0.350 e. The monoisotopic (exact) mass is 746 g/mol. The molecule has 0 radical (unpaired) electrons. The predicted molar refractivity (Wildman–Crippen MR) is 205 cm³/mol. The van der Waals surface area contributed by atoms with Gasteiger partial charge in [0.2, 0.25) is 11.7 Å². The average Bonchev–Trinajstić information content (AvgIpc) is 3.39. The highest BCUT2D eigenvalue weighted by molar-refractivity contribution is 7.93. The Bertz CT molecular complexity index is 1410. The molecule has 2 amide bonds. The van der Waals surface area contributed by atoms with Crippen molar-refractivity contribution in [2.45, 2.75) is 187 Å². The van der Waals surface area contributed by atoms with Gasteiger partial charge in [-0.15, -0.1) is 0 Å². The third kappa shape index (κ3) is 9.05. The zero-order chi connectivity index (χ0) is 38.5. The van der Waals surface area contributed by atoms with Crippen LogP contribution in [0.3, 0.4) is 0 Å². The summed E-state index contributed by atoms with van der Waals surface area (Å²) in [5.74, 6) is -2.68. The van der Waals surface area contributed by atoms with Crippen LogP contribution >= 0.6 is 0 Å². The Labute approximate surface area is 314 Å². The van der Waals surface area contributed by atoms with Crippen LogP contribution < -0.4 is 5.32 Å². The van der Waals surface area contributed by atoms with Gasteiger partial charge in [-0.05, 0) is 82.5 Å². The molecule has 2 saturated carbocycles. The fourth-order valence-corrected chi connectivity index (χ4v) is 12.4. The number of Topliss-reactive ketones (excluding diaryl/α,β-unsaturated/α-hetero) is 3. The number of piperidine rings is 1. The van der Waals surface area contributed by atoms with E-state index in [1.807, 2.05) is 6.92 Å². The molecule has 2 saturated heterocycles. The molecular weight excluding hydrogens is 677 g/mol. The van der Waals surface area contributed by atoms with Gasteiger partial charge in [0, 0.05) is 44.2 Å². The smallest absolute Gasteiger partial charge is 0.287 e. The Balaban J connectivity index is 1.62. The Morgan fingerprint density at radius 1 is 0.885 bits per heavy atom. The van der Waals surface area contributed by atoms with Gasteiger partial charge in [-0.3, -0.25) is 24.0 Å². The standard InChI is InChI=1S/C42H70N2O7S/c1-8-24-43-38(48)37(47)30-20-16-13-11-9-10-12-14-17-21-31(39(49)44-28-33-35(40(33,4)5)36(44)34(46)26-30)25-32(45)27-42(22-18-15-19-23-42)41(6,7)52(50,51)29(2)3/h29-31,33,35-36H,8-28H2,1-7H3,(H,43,48)/t30-,31-,33+,35+,36-/m1/s1. The molecule has 52 heavy (non-hydrogen) atoms. The molecule has 10 heteroatoms. The summed E-state index contributed by atoms with van der Waals surface area (Å²) in [5.41, 5.74) is -0.798. The van der Waals surface area contributed by atoms with Crippen LogP contribution in [0.15, 0.2) is 0 Å². The summed E-state index contributed by atoms with van der Waals surface area (Å²) in [5, 5.41) is 2.14. The zero-order valence-electron chi connectivity index (χ0n) is 33.5. The van der Waals surface area contributed by atoms with Gasteiger partial charge in [-0.1, -0.05) is 91.4 Å². The number of carbonyl (C=O) groups excluding carboxylic acids is 5. The third-order valence-corrected chi connectivity index (χ3v) is 17.1. The van der Waals surface area contributed by atoms with Gasteiger partial charge in [0.15, 0.2) is 15.6 Å². The van der Waals surface area contributed by atoms with Crippen LogP contribution in [0.2, 0.25) is 0 Å². The molecule has 0 unspecified atom stereocenters. The highest BCUT2D eigenvalue weighted by Gasteiger charge is 2.69. The summed E-state index contributed by atoms with van der Waals surface area (Å²) in [6.45, 7) is 14.1. The van der Waals surface area contributed by atoms with Crippen LogP contribution in [0.4, 0.5) is 0 Å². The van der Waals surface area contributed by atoms with Gasteiger partial charge in [0.25, 0.3) is 5.91 Å². The maximum Gasteiger partial charge on any atom is 0.287 e. The summed E-state index contributed by atoms with van der Waals surface area (Å²) >= 11 is 0. The number of carbonyl (C=O) groups is 5.